The molecule has 0 heterocycles. The van der Waals surface area contributed by atoms with Crippen LogP contribution in [0.25, 0.3) is 0 Å². The highest BCUT2D eigenvalue weighted by molar-refractivity contribution is 6.33. The van der Waals surface area contributed by atoms with Crippen molar-refractivity contribution in [1.82, 2.24) is 4.90 Å². The summed E-state index contributed by atoms with van der Waals surface area (Å²) in [5, 5.41) is 0.396. The highest BCUT2D eigenvalue weighted by atomic mass is 35.5. The van der Waals surface area contributed by atoms with Crippen molar-refractivity contribution in [2.45, 2.75) is 12.8 Å². The van der Waals surface area contributed by atoms with Crippen LogP contribution >= 0.6 is 11.6 Å². The summed E-state index contributed by atoms with van der Waals surface area (Å²) in [6.45, 7) is 0.195. The number of ether oxygens (including phenoxy) is 1. The molecule has 1 aromatic rings. The lowest BCUT2D eigenvalue weighted by Gasteiger charge is -2.10. The number of hydrogen-bond acceptors (Lipinski definition) is 4. The molecule has 1 aromatic carbocycles. The van der Waals surface area contributed by atoms with Crippen molar-refractivity contribution in [3.05, 3.63) is 28.8 Å². The number of amides is 1. The second kappa shape index (κ2) is 6.99. The zero-order valence-corrected chi connectivity index (χ0v) is 11.7. The predicted octanol–water partition coefficient (Wildman–Crippen LogP) is 1.95. The summed E-state index contributed by atoms with van der Waals surface area (Å²) in [7, 11) is 3.37. The lowest BCUT2D eigenvalue weighted by molar-refractivity contribution is -0.128. The number of hydrogen-bond donors (Lipinski definition) is 1. The van der Waals surface area contributed by atoms with Gasteiger partial charge in [-0.1, -0.05) is 11.6 Å². The maximum absolute atomic E-state index is 11.7. The Morgan fingerprint density at radius 1 is 1.37 bits per heavy atom. The maximum Gasteiger partial charge on any atom is 0.338 e. The van der Waals surface area contributed by atoms with E-state index in [2.05, 4.69) is 0 Å². The van der Waals surface area contributed by atoms with E-state index in [1.165, 1.54) is 11.0 Å². The number of esters is 1. The standard InChI is InChI=1S/C13H17ClN2O3/c1-16(2)12(17)4-3-7-19-13(18)9-5-6-10(14)11(15)8-9/h5-6,8H,3-4,7,15H2,1-2H3. The fourth-order valence-electron chi connectivity index (χ4n) is 1.37. The van der Waals surface area contributed by atoms with Crippen LogP contribution in [-0.2, 0) is 9.53 Å². The molecule has 19 heavy (non-hydrogen) atoms. The van der Waals surface area contributed by atoms with Crippen LogP contribution in [0.5, 0.6) is 0 Å². The highest BCUT2D eigenvalue weighted by Gasteiger charge is 2.09. The number of carbonyl (C=O) groups excluding carboxylic acids is 2. The second-order valence-corrected chi connectivity index (χ2v) is 4.67. The average Bonchev–Trinajstić information content (AvgIpc) is 2.37. The smallest absolute Gasteiger partial charge is 0.338 e. The van der Waals surface area contributed by atoms with Gasteiger partial charge in [-0.3, -0.25) is 4.79 Å². The first kappa shape index (κ1) is 15.3. The lowest BCUT2D eigenvalue weighted by Crippen LogP contribution is -2.21. The minimum absolute atomic E-state index is 0.00628. The molecule has 0 saturated carbocycles. The first-order valence-electron chi connectivity index (χ1n) is 5.84. The summed E-state index contributed by atoms with van der Waals surface area (Å²) in [5.41, 5.74) is 6.28. The Morgan fingerprint density at radius 3 is 2.63 bits per heavy atom. The van der Waals surface area contributed by atoms with Gasteiger partial charge in [0.05, 0.1) is 22.9 Å². The van der Waals surface area contributed by atoms with Gasteiger partial charge < -0.3 is 15.4 Å². The molecular weight excluding hydrogens is 268 g/mol. The summed E-state index contributed by atoms with van der Waals surface area (Å²) in [5.74, 6) is -0.465. The number of anilines is 1. The Bertz CT molecular complexity index is 475. The molecule has 0 unspecified atom stereocenters. The quantitative estimate of drug-likeness (QED) is 0.509. The van der Waals surface area contributed by atoms with Gasteiger partial charge in [0.15, 0.2) is 0 Å². The lowest BCUT2D eigenvalue weighted by atomic mass is 10.2. The van der Waals surface area contributed by atoms with Crippen molar-refractivity contribution in [3.8, 4) is 0 Å². The molecule has 104 valence electrons. The number of rotatable bonds is 5. The number of nitrogen functional groups attached to an aromatic ring is 1. The topological polar surface area (TPSA) is 72.6 Å². The van der Waals surface area contributed by atoms with E-state index in [-0.39, 0.29) is 12.5 Å². The molecule has 0 aliphatic rings. The van der Waals surface area contributed by atoms with Gasteiger partial charge in [0.2, 0.25) is 5.91 Å². The Hall–Kier alpha value is -1.75. The number of benzene rings is 1. The van der Waals surface area contributed by atoms with Crippen LogP contribution in [0.15, 0.2) is 18.2 Å². The minimum Gasteiger partial charge on any atom is -0.462 e. The minimum atomic E-state index is -0.472. The normalized spacial score (nSPS) is 10.1. The van der Waals surface area contributed by atoms with E-state index in [0.29, 0.717) is 29.1 Å². The van der Waals surface area contributed by atoms with Gasteiger partial charge in [-0.25, -0.2) is 4.79 Å². The van der Waals surface area contributed by atoms with Crippen molar-refractivity contribution in [2.24, 2.45) is 0 Å². The molecule has 0 fully saturated rings. The maximum atomic E-state index is 11.7. The van der Waals surface area contributed by atoms with Crippen LogP contribution in [0.4, 0.5) is 5.69 Å². The molecule has 6 heteroatoms. The summed E-state index contributed by atoms with van der Waals surface area (Å²) < 4.78 is 5.04. The monoisotopic (exact) mass is 284 g/mol. The van der Waals surface area contributed by atoms with Crippen molar-refractivity contribution in [3.63, 3.8) is 0 Å². The Labute approximate surface area is 117 Å². The van der Waals surface area contributed by atoms with Crippen molar-refractivity contribution >= 4 is 29.2 Å². The molecule has 1 rings (SSSR count). The molecule has 0 spiro atoms. The van der Waals surface area contributed by atoms with Gasteiger partial charge in [0.25, 0.3) is 0 Å². The predicted molar refractivity (Wildman–Crippen MR) is 74.1 cm³/mol. The van der Waals surface area contributed by atoms with Gasteiger partial charge in [0, 0.05) is 20.5 Å². The molecule has 1 amide bonds. The van der Waals surface area contributed by atoms with Gasteiger partial charge >= 0.3 is 5.97 Å². The van der Waals surface area contributed by atoms with E-state index in [0.717, 1.165) is 0 Å². The number of carbonyl (C=O) groups is 2. The molecule has 0 bridgehead atoms. The van der Waals surface area contributed by atoms with E-state index in [4.69, 9.17) is 22.1 Å². The van der Waals surface area contributed by atoms with Crippen molar-refractivity contribution in [2.75, 3.05) is 26.4 Å². The molecule has 0 saturated heterocycles. The van der Waals surface area contributed by atoms with E-state index in [1.807, 2.05) is 0 Å². The third kappa shape index (κ3) is 4.79. The number of nitrogens with two attached hydrogens (primary N) is 1. The summed E-state index contributed by atoms with van der Waals surface area (Å²) in [6, 6.07) is 4.56. The summed E-state index contributed by atoms with van der Waals surface area (Å²) >= 11 is 5.76. The van der Waals surface area contributed by atoms with Crippen molar-refractivity contribution < 1.29 is 14.3 Å². The van der Waals surface area contributed by atoms with Crippen LogP contribution in [0.3, 0.4) is 0 Å². The van der Waals surface area contributed by atoms with Gasteiger partial charge in [0.1, 0.15) is 0 Å². The zero-order valence-electron chi connectivity index (χ0n) is 11.0. The van der Waals surface area contributed by atoms with Crippen LogP contribution in [0, 0.1) is 0 Å². The van der Waals surface area contributed by atoms with E-state index in [9.17, 15) is 9.59 Å². The van der Waals surface area contributed by atoms with Crippen LogP contribution in [-0.4, -0.2) is 37.5 Å². The molecule has 0 aromatic heterocycles. The SMILES string of the molecule is CN(C)C(=O)CCCOC(=O)c1ccc(Cl)c(N)c1. The fraction of sp³-hybridized carbons (Fsp3) is 0.385. The molecule has 0 aliphatic heterocycles. The third-order valence-corrected chi connectivity index (χ3v) is 2.84. The number of nitrogens with zero attached hydrogens (tertiary/aromatic N) is 1. The highest BCUT2D eigenvalue weighted by Crippen LogP contribution is 2.19. The molecule has 0 radical (unpaired) electrons. The van der Waals surface area contributed by atoms with E-state index < -0.39 is 5.97 Å². The zero-order chi connectivity index (χ0) is 14.4. The number of halogens is 1. The van der Waals surface area contributed by atoms with E-state index in [1.54, 1.807) is 26.2 Å². The first-order valence-corrected chi connectivity index (χ1v) is 6.22. The molecule has 0 atom stereocenters. The van der Waals surface area contributed by atoms with Gasteiger partial charge in [-0.2, -0.15) is 0 Å². The molecule has 0 aliphatic carbocycles. The fourth-order valence-corrected chi connectivity index (χ4v) is 1.48. The average molecular weight is 285 g/mol. The molecule has 2 N–H and O–H groups in total. The van der Waals surface area contributed by atoms with Gasteiger partial charge in [-0.15, -0.1) is 0 Å². The summed E-state index contributed by atoms with van der Waals surface area (Å²) in [4.78, 5) is 24.5. The largest absolute Gasteiger partial charge is 0.462 e. The third-order valence-electron chi connectivity index (χ3n) is 2.50. The molecular formula is C13H17ClN2O3. The summed E-state index contributed by atoms with van der Waals surface area (Å²) in [6.07, 6.45) is 0.842. The van der Waals surface area contributed by atoms with Crippen molar-refractivity contribution in [1.29, 1.82) is 0 Å². The molecule has 5 nitrogen and oxygen atoms in total. The van der Waals surface area contributed by atoms with Gasteiger partial charge in [-0.05, 0) is 24.6 Å². The van der Waals surface area contributed by atoms with Crippen LogP contribution in [0.2, 0.25) is 5.02 Å². The Kier molecular flexibility index (Phi) is 5.63. The van der Waals surface area contributed by atoms with Crippen LogP contribution < -0.4 is 5.73 Å². The van der Waals surface area contributed by atoms with Crippen LogP contribution in [0.1, 0.15) is 23.2 Å². The Balaban J connectivity index is 2.39. The Morgan fingerprint density at radius 2 is 2.05 bits per heavy atom. The second-order valence-electron chi connectivity index (χ2n) is 4.26. The first-order chi connectivity index (χ1) is 8.91. The van der Waals surface area contributed by atoms with E-state index >= 15 is 0 Å².